The number of fused-ring (bicyclic) bond motifs is 2. The molecule has 2 aromatic carbocycles. The molecule has 0 aliphatic carbocycles. The predicted molar refractivity (Wildman–Crippen MR) is 100 cm³/mol. The fourth-order valence-electron chi connectivity index (χ4n) is 3.23. The van der Waals surface area contributed by atoms with E-state index in [4.69, 9.17) is 5.84 Å². The molecule has 0 unspecified atom stereocenters. The third-order valence-electron chi connectivity index (χ3n) is 4.58. The summed E-state index contributed by atoms with van der Waals surface area (Å²) in [5.74, 6) is 4.72. The highest BCUT2D eigenvalue weighted by Gasteiger charge is 2.14. The van der Waals surface area contributed by atoms with E-state index < -0.39 is 5.91 Å². The normalized spacial score (nSPS) is 11.2. The Hall–Kier alpha value is -3.32. The van der Waals surface area contributed by atoms with E-state index in [1.54, 1.807) is 6.07 Å². The molecule has 4 rings (SSSR count). The molecule has 7 nitrogen and oxygen atoms in total. The fraction of sp³-hybridized carbons (Fsp3) is 0.158. The molecule has 2 heterocycles. The lowest BCUT2D eigenvalue weighted by molar-refractivity contribution is 0.0948. The Morgan fingerprint density at radius 2 is 2.04 bits per heavy atom. The van der Waals surface area contributed by atoms with E-state index in [1.165, 1.54) is 0 Å². The number of nitrogen functional groups attached to an aromatic ring is 1. The van der Waals surface area contributed by atoms with Gasteiger partial charge in [0.25, 0.3) is 5.91 Å². The Kier molecular flexibility index (Phi) is 3.85. The number of nitrogens with zero attached hydrogens (tertiary/aromatic N) is 4. The molecule has 1 amide bonds. The average Bonchev–Trinajstić information content (AvgIpc) is 3.09. The van der Waals surface area contributed by atoms with Crippen LogP contribution in [0.3, 0.4) is 0 Å². The summed E-state index contributed by atoms with van der Waals surface area (Å²) in [6.07, 6.45) is 1.85. The van der Waals surface area contributed by atoms with Gasteiger partial charge in [0.15, 0.2) is 5.69 Å². The average molecular weight is 346 g/mol. The molecule has 0 bridgehead atoms. The number of imidazole rings is 1. The van der Waals surface area contributed by atoms with E-state index in [-0.39, 0.29) is 5.69 Å². The van der Waals surface area contributed by atoms with Crippen molar-refractivity contribution in [2.45, 2.75) is 20.4 Å². The summed E-state index contributed by atoms with van der Waals surface area (Å²) < 4.78 is 2.11. The Labute approximate surface area is 149 Å². The second-order valence-corrected chi connectivity index (χ2v) is 6.13. The van der Waals surface area contributed by atoms with Gasteiger partial charge in [-0.25, -0.2) is 10.8 Å². The summed E-state index contributed by atoms with van der Waals surface area (Å²) in [4.78, 5) is 16.1. The van der Waals surface area contributed by atoms with Crippen LogP contribution in [0, 0.1) is 6.92 Å². The van der Waals surface area contributed by atoms with Gasteiger partial charge in [0, 0.05) is 17.5 Å². The van der Waals surface area contributed by atoms with E-state index in [9.17, 15) is 4.79 Å². The number of carbonyl (C=O) groups excluding carboxylic acids is 1. The molecule has 0 spiro atoms. The maximum Gasteiger partial charge on any atom is 0.285 e. The van der Waals surface area contributed by atoms with Crippen LogP contribution in [0.25, 0.3) is 33.1 Å². The number of nitrogens with one attached hydrogen (secondary N) is 1. The number of hydrogen-bond acceptors (Lipinski definition) is 5. The van der Waals surface area contributed by atoms with Crippen molar-refractivity contribution >= 4 is 27.8 Å². The molecule has 0 aliphatic heterocycles. The summed E-state index contributed by atoms with van der Waals surface area (Å²) in [7, 11) is 0. The van der Waals surface area contributed by atoms with Crippen molar-refractivity contribution in [2.24, 2.45) is 5.84 Å². The highest BCUT2D eigenvalue weighted by atomic mass is 16.2. The van der Waals surface area contributed by atoms with E-state index >= 15 is 0 Å². The minimum Gasteiger partial charge on any atom is -0.331 e. The van der Waals surface area contributed by atoms with Crippen molar-refractivity contribution in [1.82, 2.24) is 25.2 Å². The number of amides is 1. The molecule has 2 aromatic heterocycles. The molecule has 0 saturated heterocycles. The second kappa shape index (κ2) is 6.20. The lowest BCUT2D eigenvalue weighted by Crippen LogP contribution is -2.30. The lowest BCUT2D eigenvalue weighted by Gasteiger charge is -2.11. The molecular formula is C19H18N6O. The monoisotopic (exact) mass is 346 g/mol. The smallest absolute Gasteiger partial charge is 0.285 e. The Morgan fingerprint density at radius 1 is 1.19 bits per heavy atom. The summed E-state index contributed by atoms with van der Waals surface area (Å²) in [5, 5.41) is 9.18. The number of nitrogens with two attached hydrogens (primary N) is 1. The van der Waals surface area contributed by atoms with Crippen molar-refractivity contribution < 1.29 is 4.79 Å². The molecular weight excluding hydrogens is 328 g/mol. The molecule has 0 fully saturated rings. The van der Waals surface area contributed by atoms with Crippen LogP contribution in [0.2, 0.25) is 0 Å². The van der Waals surface area contributed by atoms with Gasteiger partial charge in [0.2, 0.25) is 0 Å². The van der Waals surface area contributed by atoms with Gasteiger partial charge < -0.3 is 4.57 Å². The van der Waals surface area contributed by atoms with Crippen LogP contribution in [-0.2, 0) is 6.54 Å². The van der Waals surface area contributed by atoms with Crippen LogP contribution in [0.15, 0.2) is 42.7 Å². The van der Waals surface area contributed by atoms with E-state index in [2.05, 4.69) is 38.2 Å². The van der Waals surface area contributed by atoms with Gasteiger partial charge in [-0.1, -0.05) is 18.2 Å². The highest BCUT2D eigenvalue weighted by molar-refractivity contribution is 6.00. The molecule has 0 radical (unpaired) electrons. The zero-order valence-corrected chi connectivity index (χ0v) is 14.5. The van der Waals surface area contributed by atoms with Crippen LogP contribution in [0.4, 0.5) is 0 Å². The SMILES string of the molecule is CCn1cnc2ccc(-c3c(C)ccc4cc(C(=O)NN)nnc34)cc21. The number of aromatic nitrogens is 4. The molecule has 130 valence electrons. The Balaban J connectivity index is 1.95. The van der Waals surface area contributed by atoms with Gasteiger partial charge in [-0.3, -0.25) is 10.2 Å². The number of hydrogen-bond donors (Lipinski definition) is 2. The zero-order valence-electron chi connectivity index (χ0n) is 14.5. The highest BCUT2D eigenvalue weighted by Crippen LogP contribution is 2.32. The van der Waals surface area contributed by atoms with E-state index in [0.717, 1.165) is 45.2 Å². The first-order chi connectivity index (χ1) is 12.6. The van der Waals surface area contributed by atoms with E-state index in [0.29, 0.717) is 0 Å². The molecule has 4 aromatic rings. The van der Waals surface area contributed by atoms with Crippen LogP contribution >= 0.6 is 0 Å². The van der Waals surface area contributed by atoms with Gasteiger partial charge >= 0.3 is 0 Å². The zero-order chi connectivity index (χ0) is 18.3. The maximum absolute atomic E-state index is 11.7. The number of benzene rings is 2. The molecule has 3 N–H and O–H groups in total. The maximum atomic E-state index is 11.7. The van der Waals surface area contributed by atoms with Crippen molar-refractivity contribution in [1.29, 1.82) is 0 Å². The molecule has 7 heteroatoms. The van der Waals surface area contributed by atoms with Gasteiger partial charge in [-0.2, -0.15) is 0 Å². The van der Waals surface area contributed by atoms with Crippen molar-refractivity contribution in [2.75, 3.05) is 0 Å². The van der Waals surface area contributed by atoms with Gasteiger partial charge in [-0.15, -0.1) is 10.2 Å². The number of aryl methyl sites for hydroxylation is 2. The minimum absolute atomic E-state index is 0.189. The first-order valence-corrected chi connectivity index (χ1v) is 8.35. The topological polar surface area (TPSA) is 98.7 Å². The van der Waals surface area contributed by atoms with Gasteiger partial charge in [-0.05, 0) is 43.2 Å². The lowest BCUT2D eigenvalue weighted by atomic mass is 9.97. The summed E-state index contributed by atoms with van der Waals surface area (Å²) in [6.45, 7) is 4.98. The predicted octanol–water partition coefficient (Wildman–Crippen LogP) is 2.58. The molecule has 0 aliphatic rings. The number of hydrazine groups is 1. The van der Waals surface area contributed by atoms with Crippen LogP contribution in [-0.4, -0.2) is 25.7 Å². The summed E-state index contributed by atoms with van der Waals surface area (Å²) >= 11 is 0. The van der Waals surface area contributed by atoms with Crippen LogP contribution < -0.4 is 11.3 Å². The molecule has 0 saturated carbocycles. The van der Waals surface area contributed by atoms with Crippen molar-refractivity contribution in [3.05, 3.63) is 54.0 Å². The molecule has 0 atom stereocenters. The van der Waals surface area contributed by atoms with Gasteiger partial charge in [0.1, 0.15) is 5.52 Å². The minimum atomic E-state index is -0.463. The van der Waals surface area contributed by atoms with Gasteiger partial charge in [0.05, 0.1) is 17.4 Å². The summed E-state index contributed by atoms with van der Waals surface area (Å²) in [5.41, 5.74) is 8.19. The fourth-order valence-corrected chi connectivity index (χ4v) is 3.23. The van der Waals surface area contributed by atoms with Crippen molar-refractivity contribution in [3.63, 3.8) is 0 Å². The van der Waals surface area contributed by atoms with Crippen LogP contribution in [0.1, 0.15) is 23.0 Å². The van der Waals surface area contributed by atoms with E-state index in [1.807, 2.05) is 37.5 Å². The quantitative estimate of drug-likeness (QED) is 0.337. The largest absolute Gasteiger partial charge is 0.331 e. The summed E-state index contributed by atoms with van der Waals surface area (Å²) in [6, 6.07) is 11.8. The first-order valence-electron chi connectivity index (χ1n) is 8.35. The Morgan fingerprint density at radius 3 is 2.81 bits per heavy atom. The number of carbonyl (C=O) groups is 1. The third kappa shape index (κ3) is 2.49. The first kappa shape index (κ1) is 16.2. The van der Waals surface area contributed by atoms with Crippen molar-refractivity contribution in [3.8, 4) is 11.1 Å². The standard InChI is InChI=1S/C19H18N6O/c1-3-25-10-21-14-7-6-12(9-16(14)25)17-11(2)4-5-13-8-15(19(26)22-20)23-24-18(13)17/h4-10H,3,20H2,1-2H3,(H,22,26). The third-order valence-corrected chi connectivity index (χ3v) is 4.58. The Bertz CT molecular complexity index is 1150. The number of rotatable bonds is 3. The molecule has 26 heavy (non-hydrogen) atoms. The second-order valence-electron chi connectivity index (χ2n) is 6.13. The van der Waals surface area contributed by atoms with Crippen LogP contribution in [0.5, 0.6) is 0 Å².